The number of nitrogens with one attached hydrogen (secondary N) is 1. The molecule has 3 N–H and O–H groups in total. The highest BCUT2D eigenvalue weighted by atomic mass is 16.5. The Kier molecular flexibility index (Phi) is 5.83. The molecule has 19 heavy (non-hydrogen) atoms. The number of amides is 1. The summed E-state index contributed by atoms with van der Waals surface area (Å²) in [5.41, 5.74) is 7.58. The summed E-state index contributed by atoms with van der Waals surface area (Å²) in [5, 5.41) is 2.91. The van der Waals surface area contributed by atoms with Gasteiger partial charge in [0.15, 0.2) is 6.61 Å². The monoisotopic (exact) mass is 264 g/mol. The Morgan fingerprint density at radius 2 is 2.05 bits per heavy atom. The summed E-state index contributed by atoms with van der Waals surface area (Å²) in [5.74, 6) is 1.02. The Morgan fingerprint density at radius 3 is 2.63 bits per heavy atom. The van der Waals surface area contributed by atoms with Crippen LogP contribution in [0, 0.1) is 12.8 Å². The van der Waals surface area contributed by atoms with E-state index in [0.717, 1.165) is 16.9 Å². The van der Waals surface area contributed by atoms with Gasteiger partial charge in [0.05, 0.1) is 0 Å². The van der Waals surface area contributed by atoms with Gasteiger partial charge in [-0.25, -0.2) is 0 Å². The zero-order valence-corrected chi connectivity index (χ0v) is 12.2. The fourth-order valence-electron chi connectivity index (χ4n) is 1.68. The number of nitrogens with two attached hydrogens (primary N) is 1. The van der Waals surface area contributed by atoms with E-state index in [9.17, 15) is 4.79 Å². The smallest absolute Gasteiger partial charge is 0.258 e. The molecule has 0 aromatic heterocycles. The van der Waals surface area contributed by atoms with E-state index < -0.39 is 0 Å². The topological polar surface area (TPSA) is 64.3 Å². The lowest BCUT2D eigenvalue weighted by Crippen LogP contribution is -2.39. The van der Waals surface area contributed by atoms with Gasteiger partial charge in [-0.15, -0.1) is 0 Å². The molecule has 1 aromatic rings. The van der Waals surface area contributed by atoms with Crippen molar-refractivity contribution in [3.63, 3.8) is 0 Å². The Hall–Kier alpha value is -1.55. The molecular weight excluding hydrogens is 240 g/mol. The molecule has 1 aromatic carbocycles. The molecule has 0 aliphatic carbocycles. The van der Waals surface area contributed by atoms with Crippen LogP contribution in [0.5, 0.6) is 5.75 Å². The summed E-state index contributed by atoms with van der Waals surface area (Å²) < 4.78 is 5.61. The van der Waals surface area contributed by atoms with Crippen molar-refractivity contribution in [3.05, 3.63) is 29.3 Å². The second-order valence-electron chi connectivity index (χ2n) is 5.16. The molecule has 1 atom stereocenters. The lowest BCUT2D eigenvalue weighted by Gasteiger charge is -2.18. The van der Waals surface area contributed by atoms with Gasteiger partial charge in [0, 0.05) is 18.2 Å². The molecule has 0 spiro atoms. The van der Waals surface area contributed by atoms with Gasteiger partial charge in [-0.05, 0) is 25.3 Å². The third kappa shape index (κ3) is 4.56. The van der Waals surface area contributed by atoms with Crippen molar-refractivity contribution < 1.29 is 9.53 Å². The first kappa shape index (κ1) is 15.5. The highest BCUT2D eigenvalue weighted by molar-refractivity contribution is 5.77. The number of rotatable bonds is 6. The van der Waals surface area contributed by atoms with Crippen molar-refractivity contribution in [3.8, 4) is 5.75 Å². The highest BCUT2D eigenvalue weighted by Crippen LogP contribution is 2.22. The summed E-state index contributed by atoms with van der Waals surface area (Å²) >= 11 is 0. The Balaban J connectivity index is 2.60. The Bertz CT molecular complexity index is 430. The number of carbonyl (C=O) groups excluding carboxylic acids is 1. The first-order chi connectivity index (χ1) is 8.95. The average molecular weight is 264 g/mol. The molecule has 0 radical (unpaired) electrons. The third-order valence-electron chi connectivity index (χ3n) is 3.25. The van der Waals surface area contributed by atoms with Gasteiger partial charge in [-0.2, -0.15) is 0 Å². The van der Waals surface area contributed by atoms with Crippen molar-refractivity contribution in [2.24, 2.45) is 11.7 Å². The summed E-state index contributed by atoms with van der Waals surface area (Å²) in [6.45, 7) is 8.50. The minimum absolute atomic E-state index is 0.0227. The van der Waals surface area contributed by atoms with Crippen molar-refractivity contribution in [1.29, 1.82) is 0 Å². The third-order valence-corrected chi connectivity index (χ3v) is 3.25. The van der Waals surface area contributed by atoms with Crippen LogP contribution in [0.15, 0.2) is 18.2 Å². The number of hydrogen-bond donors (Lipinski definition) is 2. The molecule has 0 bridgehead atoms. The maximum Gasteiger partial charge on any atom is 0.258 e. The van der Waals surface area contributed by atoms with Crippen molar-refractivity contribution in [2.75, 3.05) is 6.61 Å². The Labute approximate surface area is 115 Å². The van der Waals surface area contributed by atoms with Gasteiger partial charge < -0.3 is 15.8 Å². The van der Waals surface area contributed by atoms with E-state index in [0.29, 0.717) is 12.5 Å². The lowest BCUT2D eigenvalue weighted by atomic mass is 10.1. The molecule has 0 saturated heterocycles. The number of ether oxygens (including phenoxy) is 1. The van der Waals surface area contributed by atoms with E-state index >= 15 is 0 Å². The van der Waals surface area contributed by atoms with Crippen LogP contribution in [0.2, 0.25) is 0 Å². The fourth-order valence-corrected chi connectivity index (χ4v) is 1.68. The quantitative estimate of drug-likeness (QED) is 0.826. The van der Waals surface area contributed by atoms with E-state index in [1.807, 2.05) is 32.0 Å². The molecule has 0 saturated carbocycles. The van der Waals surface area contributed by atoms with Gasteiger partial charge in [0.1, 0.15) is 5.75 Å². The van der Waals surface area contributed by atoms with E-state index in [2.05, 4.69) is 19.2 Å². The standard InChI is InChI=1S/C15H24N2O2/c1-10(2)12(4)17-14(18)9-19-15-11(3)6-5-7-13(15)8-16/h5-7,10,12H,8-9,16H2,1-4H3,(H,17,18). The second kappa shape index (κ2) is 7.14. The summed E-state index contributed by atoms with van der Waals surface area (Å²) in [7, 11) is 0. The predicted octanol–water partition coefficient (Wildman–Crippen LogP) is 1.99. The van der Waals surface area contributed by atoms with Crippen molar-refractivity contribution >= 4 is 5.91 Å². The molecular formula is C15H24N2O2. The number of hydrogen-bond acceptors (Lipinski definition) is 3. The van der Waals surface area contributed by atoms with Gasteiger partial charge in [-0.3, -0.25) is 4.79 Å². The van der Waals surface area contributed by atoms with E-state index in [4.69, 9.17) is 10.5 Å². The molecule has 1 rings (SSSR count). The van der Waals surface area contributed by atoms with Crippen LogP contribution in [-0.4, -0.2) is 18.6 Å². The summed E-state index contributed by atoms with van der Waals surface area (Å²) in [4.78, 5) is 11.8. The molecule has 4 nitrogen and oxygen atoms in total. The second-order valence-corrected chi connectivity index (χ2v) is 5.16. The molecule has 1 amide bonds. The Morgan fingerprint density at radius 1 is 1.37 bits per heavy atom. The largest absolute Gasteiger partial charge is 0.483 e. The van der Waals surface area contributed by atoms with Gasteiger partial charge >= 0.3 is 0 Å². The lowest BCUT2D eigenvalue weighted by molar-refractivity contribution is -0.124. The molecule has 0 heterocycles. The number of para-hydroxylation sites is 1. The van der Waals surface area contributed by atoms with Crippen LogP contribution < -0.4 is 15.8 Å². The normalized spacial score (nSPS) is 12.3. The highest BCUT2D eigenvalue weighted by Gasteiger charge is 2.12. The van der Waals surface area contributed by atoms with Gasteiger partial charge in [-0.1, -0.05) is 32.0 Å². The summed E-state index contributed by atoms with van der Waals surface area (Å²) in [6, 6.07) is 5.94. The molecule has 106 valence electrons. The number of carbonyl (C=O) groups is 1. The predicted molar refractivity (Wildman–Crippen MR) is 77.0 cm³/mol. The van der Waals surface area contributed by atoms with E-state index in [-0.39, 0.29) is 18.6 Å². The number of benzene rings is 1. The van der Waals surface area contributed by atoms with Crippen LogP contribution in [0.4, 0.5) is 0 Å². The molecule has 0 aliphatic heterocycles. The van der Waals surface area contributed by atoms with Crippen molar-refractivity contribution in [2.45, 2.75) is 40.3 Å². The molecule has 1 unspecified atom stereocenters. The van der Waals surface area contributed by atoms with Crippen LogP contribution >= 0.6 is 0 Å². The number of aryl methyl sites for hydroxylation is 1. The first-order valence-corrected chi connectivity index (χ1v) is 6.66. The van der Waals surface area contributed by atoms with Crippen LogP contribution in [0.25, 0.3) is 0 Å². The maximum absolute atomic E-state index is 11.8. The summed E-state index contributed by atoms with van der Waals surface area (Å²) in [6.07, 6.45) is 0. The fraction of sp³-hybridized carbons (Fsp3) is 0.533. The van der Waals surface area contributed by atoms with Crippen LogP contribution in [0.3, 0.4) is 0 Å². The zero-order chi connectivity index (χ0) is 14.4. The average Bonchev–Trinajstić information content (AvgIpc) is 2.36. The minimum Gasteiger partial charge on any atom is -0.483 e. The molecule has 4 heteroatoms. The SMILES string of the molecule is Cc1cccc(CN)c1OCC(=O)NC(C)C(C)C. The van der Waals surface area contributed by atoms with E-state index in [1.54, 1.807) is 0 Å². The van der Waals surface area contributed by atoms with E-state index in [1.165, 1.54) is 0 Å². The van der Waals surface area contributed by atoms with Crippen LogP contribution in [-0.2, 0) is 11.3 Å². The maximum atomic E-state index is 11.8. The van der Waals surface area contributed by atoms with Gasteiger partial charge in [0.2, 0.25) is 0 Å². The minimum atomic E-state index is -0.104. The molecule has 0 aliphatic rings. The molecule has 0 fully saturated rings. The zero-order valence-electron chi connectivity index (χ0n) is 12.2. The first-order valence-electron chi connectivity index (χ1n) is 6.66. The van der Waals surface area contributed by atoms with Crippen LogP contribution in [0.1, 0.15) is 31.9 Å². The van der Waals surface area contributed by atoms with Gasteiger partial charge in [0.25, 0.3) is 5.91 Å². The van der Waals surface area contributed by atoms with Crippen molar-refractivity contribution in [1.82, 2.24) is 5.32 Å².